The number of amides is 1. The van der Waals surface area contributed by atoms with E-state index in [1.807, 2.05) is 45.0 Å². The number of nitrogens with zero attached hydrogens (tertiary/aromatic N) is 2. The first kappa shape index (κ1) is 17.5. The van der Waals surface area contributed by atoms with Crippen molar-refractivity contribution in [2.24, 2.45) is 5.92 Å². The lowest BCUT2D eigenvalue weighted by molar-refractivity contribution is -0.126. The number of aromatic nitrogens is 2. The van der Waals surface area contributed by atoms with Crippen LogP contribution in [0.1, 0.15) is 39.7 Å². The zero-order chi connectivity index (χ0) is 19.2. The van der Waals surface area contributed by atoms with Crippen LogP contribution in [0.2, 0.25) is 0 Å². The van der Waals surface area contributed by atoms with Gasteiger partial charge in [-0.15, -0.1) is 0 Å². The normalized spacial score (nSPS) is 15.7. The SMILES string of the molecule is CC(C)(C)NC(=O)C(C1CC1)n1c(=O)c(-c2ccco2)nc2ccccc21. The largest absolute Gasteiger partial charge is 0.463 e. The van der Waals surface area contributed by atoms with Crippen molar-refractivity contribution in [2.75, 3.05) is 0 Å². The van der Waals surface area contributed by atoms with Crippen molar-refractivity contribution in [1.29, 1.82) is 0 Å². The standard InChI is InChI=1S/C21H23N3O3/c1-21(2,3)23-19(25)18(13-10-11-13)24-15-8-5-4-7-14(15)22-17(20(24)26)16-9-6-12-27-16/h4-9,12-13,18H,10-11H2,1-3H3,(H,23,25). The Morgan fingerprint density at radius 2 is 1.96 bits per heavy atom. The third-order valence-corrected chi connectivity index (χ3v) is 4.66. The van der Waals surface area contributed by atoms with Gasteiger partial charge in [0.2, 0.25) is 5.91 Å². The molecule has 1 aliphatic rings. The van der Waals surface area contributed by atoms with E-state index in [2.05, 4.69) is 10.3 Å². The number of nitrogens with one attached hydrogen (secondary N) is 1. The van der Waals surface area contributed by atoms with Gasteiger partial charge in [0, 0.05) is 5.54 Å². The van der Waals surface area contributed by atoms with E-state index in [0.29, 0.717) is 16.8 Å². The first-order valence-corrected chi connectivity index (χ1v) is 9.22. The van der Waals surface area contributed by atoms with Gasteiger partial charge in [-0.3, -0.25) is 14.2 Å². The van der Waals surface area contributed by atoms with Gasteiger partial charge in [0.25, 0.3) is 5.56 Å². The van der Waals surface area contributed by atoms with E-state index < -0.39 is 6.04 Å². The Kier molecular flexibility index (Phi) is 4.13. The van der Waals surface area contributed by atoms with E-state index in [9.17, 15) is 9.59 Å². The van der Waals surface area contributed by atoms with Crippen LogP contribution < -0.4 is 10.9 Å². The molecule has 1 atom stereocenters. The average Bonchev–Trinajstić information content (AvgIpc) is 3.28. The van der Waals surface area contributed by atoms with Gasteiger partial charge in [-0.1, -0.05) is 12.1 Å². The maximum Gasteiger partial charge on any atom is 0.281 e. The minimum absolute atomic E-state index is 0.131. The Morgan fingerprint density at radius 3 is 2.59 bits per heavy atom. The Morgan fingerprint density at radius 1 is 1.22 bits per heavy atom. The molecule has 0 radical (unpaired) electrons. The van der Waals surface area contributed by atoms with Crippen molar-refractivity contribution in [3.8, 4) is 11.5 Å². The molecular formula is C21H23N3O3. The molecule has 6 heteroatoms. The summed E-state index contributed by atoms with van der Waals surface area (Å²) < 4.78 is 7.03. The van der Waals surface area contributed by atoms with E-state index in [0.717, 1.165) is 12.8 Å². The summed E-state index contributed by atoms with van der Waals surface area (Å²) in [7, 11) is 0. The zero-order valence-corrected chi connectivity index (χ0v) is 15.7. The summed E-state index contributed by atoms with van der Waals surface area (Å²) >= 11 is 0. The van der Waals surface area contributed by atoms with Gasteiger partial charge < -0.3 is 9.73 Å². The minimum Gasteiger partial charge on any atom is -0.463 e. The van der Waals surface area contributed by atoms with E-state index in [1.54, 1.807) is 16.7 Å². The Balaban J connectivity index is 1.94. The van der Waals surface area contributed by atoms with Gasteiger partial charge in [-0.2, -0.15) is 0 Å². The van der Waals surface area contributed by atoms with Gasteiger partial charge in [0.05, 0.1) is 17.3 Å². The monoisotopic (exact) mass is 365 g/mol. The number of carbonyl (C=O) groups excluding carboxylic acids is 1. The molecule has 1 saturated carbocycles. The van der Waals surface area contributed by atoms with E-state index in [1.165, 1.54) is 6.26 Å². The molecule has 140 valence electrons. The highest BCUT2D eigenvalue weighted by atomic mass is 16.3. The van der Waals surface area contributed by atoms with Crippen molar-refractivity contribution in [2.45, 2.75) is 45.2 Å². The highest BCUT2D eigenvalue weighted by molar-refractivity contribution is 5.85. The fraction of sp³-hybridized carbons (Fsp3) is 0.381. The van der Waals surface area contributed by atoms with Gasteiger partial charge in [-0.25, -0.2) is 4.98 Å². The lowest BCUT2D eigenvalue weighted by Gasteiger charge is -2.27. The number of benzene rings is 1. The summed E-state index contributed by atoms with van der Waals surface area (Å²) in [4.78, 5) is 31.0. The lowest BCUT2D eigenvalue weighted by Crippen LogP contribution is -2.47. The molecule has 6 nitrogen and oxygen atoms in total. The summed E-state index contributed by atoms with van der Waals surface area (Å²) in [6, 6.07) is 10.3. The number of furan rings is 1. The van der Waals surface area contributed by atoms with Crippen LogP contribution >= 0.6 is 0 Å². The van der Waals surface area contributed by atoms with E-state index in [-0.39, 0.29) is 28.6 Å². The smallest absolute Gasteiger partial charge is 0.281 e. The van der Waals surface area contributed by atoms with Crippen LogP contribution in [0.5, 0.6) is 0 Å². The number of carbonyl (C=O) groups is 1. The van der Waals surface area contributed by atoms with Crippen LogP contribution in [-0.2, 0) is 4.79 Å². The Hall–Kier alpha value is -2.89. The van der Waals surface area contributed by atoms with Crippen molar-refractivity contribution >= 4 is 16.9 Å². The summed E-state index contributed by atoms with van der Waals surface area (Å²) in [5.41, 5.74) is 0.884. The highest BCUT2D eigenvalue weighted by Crippen LogP contribution is 2.40. The van der Waals surface area contributed by atoms with Crippen LogP contribution in [0.15, 0.2) is 51.9 Å². The van der Waals surface area contributed by atoms with Crippen molar-refractivity contribution in [3.05, 3.63) is 53.0 Å². The van der Waals surface area contributed by atoms with Gasteiger partial charge in [0.15, 0.2) is 11.5 Å². The van der Waals surface area contributed by atoms with Crippen LogP contribution in [-0.4, -0.2) is 21.0 Å². The van der Waals surface area contributed by atoms with Crippen LogP contribution in [0.4, 0.5) is 0 Å². The molecule has 0 saturated heterocycles. The van der Waals surface area contributed by atoms with E-state index >= 15 is 0 Å². The van der Waals surface area contributed by atoms with Gasteiger partial charge >= 0.3 is 0 Å². The molecular weight excluding hydrogens is 342 g/mol. The fourth-order valence-corrected chi connectivity index (χ4v) is 3.40. The molecule has 0 bridgehead atoms. The third kappa shape index (κ3) is 3.39. The average molecular weight is 365 g/mol. The molecule has 1 fully saturated rings. The van der Waals surface area contributed by atoms with Crippen LogP contribution in [0, 0.1) is 5.92 Å². The van der Waals surface area contributed by atoms with Crippen molar-refractivity contribution in [1.82, 2.24) is 14.9 Å². The molecule has 0 aliphatic heterocycles. The highest BCUT2D eigenvalue weighted by Gasteiger charge is 2.40. The first-order valence-electron chi connectivity index (χ1n) is 9.22. The maximum absolute atomic E-state index is 13.4. The maximum atomic E-state index is 13.4. The Labute approximate surface area is 157 Å². The zero-order valence-electron chi connectivity index (χ0n) is 15.7. The molecule has 1 N–H and O–H groups in total. The summed E-state index contributed by atoms with van der Waals surface area (Å²) in [6.07, 6.45) is 3.38. The summed E-state index contributed by atoms with van der Waals surface area (Å²) in [5, 5.41) is 3.04. The molecule has 3 aromatic rings. The lowest BCUT2D eigenvalue weighted by atomic mass is 10.1. The minimum atomic E-state index is -0.557. The second kappa shape index (κ2) is 6.37. The molecule has 27 heavy (non-hydrogen) atoms. The number of para-hydroxylation sites is 2. The van der Waals surface area contributed by atoms with Gasteiger partial charge in [0.1, 0.15) is 6.04 Å². The molecule has 4 rings (SSSR count). The third-order valence-electron chi connectivity index (χ3n) is 4.66. The van der Waals surface area contributed by atoms with E-state index in [4.69, 9.17) is 4.42 Å². The molecule has 1 amide bonds. The van der Waals surface area contributed by atoms with Crippen LogP contribution in [0.3, 0.4) is 0 Å². The van der Waals surface area contributed by atoms with Gasteiger partial charge in [-0.05, 0) is 63.8 Å². The summed E-state index contributed by atoms with van der Waals surface area (Å²) in [6.45, 7) is 5.82. The molecule has 1 unspecified atom stereocenters. The van der Waals surface area contributed by atoms with Crippen LogP contribution in [0.25, 0.3) is 22.5 Å². The number of fused-ring (bicyclic) bond motifs is 1. The molecule has 0 spiro atoms. The first-order chi connectivity index (χ1) is 12.8. The molecule has 2 aromatic heterocycles. The van der Waals surface area contributed by atoms with Crippen molar-refractivity contribution in [3.63, 3.8) is 0 Å². The quantitative estimate of drug-likeness (QED) is 0.767. The predicted molar refractivity (Wildman–Crippen MR) is 103 cm³/mol. The molecule has 1 aromatic carbocycles. The number of hydrogen-bond donors (Lipinski definition) is 1. The Bertz CT molecular complexity index is 1040. The second-order valence-corrected chi connectivity index (χ2v) is 8.12. The molecule has 2 heterocycles. The predicted octanol–water partition coefficient (Wildman–Crippen LogP) is 3.52. The second-order valence-electron chi connectivity index (χ2n) is 8.12. The molecule has 1 aliphatic carbocycles. The summed E-state index contributed by atoms with van der Waals surface area (Å²) in [5.74, 6) is 0.430. The number of rotatable bonds is 4. The van der Waals surface area contributed by atoms with Crippen molar-refractivity contribution < 1.29 is 9.21 Å². The topological polar surface area (TPSA) is 77.1 Å². The fourth-order valence-electron chi connectivity index (χ4n) is 3.40. The number of hydrogen-bond acceptors (Lipinski definition) is 4.